The van der Waals surface area contributed by atoms with Gasteiger partial charge in [-0.1, -0.05) is 40.7 Å². The molecule has 2 aromatic carbocycles. The molecular weight excluding hydrogens is 803 g/mol. The van der Waals surface area contributed by atoms with E-state index in [1.54, 1.807) is 34.5 Å². The number of esters is 2. The SMILES string of the molecule is [C-]#[N+]c1cn2[nH]c(-c3ccc(N4CCN(C(=O)OCC(C)C)CC4)c(NS(=O)Oc4cc(C)ccc4OCCCC(=O)OCC)c3)nc2c1C(=O)OC1C(C)CC(C)CC1C. The summed E-state index contributed by atoms with van der Waals surface area (Å²) < 4.78 is 46.9. The van der Waals surface area contributed by atoms with Crippen LogP contribution in [-0.2, 0) is 30.3 Å². The minimum absolute atomic E-state index is 0.0989. The molecule has 0 radical (unpaired) electrons. The zero-order chi connectivity index (χ0) is 43.8. The van der Waals surface area contributed by atoms with E-state index in [2.05, 4.69) is 40.3 Å². The Balaban J connectivity index is 1.26. The number of benzene rings is 2. The topological polar surface area (TPSA) is 170 Å². The van der Waals surface area contributed by atoms with Crippen molar-refractivity contribution < 1.29 is 41.7 Å². The molecule has 17 heteroatoms. The van der Waals surface area contributed by atoms with Gasteiger partial charge in [0.15, 0.2) is 23.0 Å². The van der Waals surface area contributed by atoms with Crippen LogP contribution in [0.5, 0.6) is 11.5 Å². The lowest BCUT2D eigenvalue weighted by Crippen LogP contribution is -2.49. The van der Waals surface area contributed by atoms with Gasteiger partial charge in [0.1, 0.15) is 11.7 Å². The molecule has 1 amide bonds. The van der Waals surface area contributed by atoms with E-state index >= 15 is 0 Å². The first-order valence-corrected chi connectivity index (χ1v) is 22.1. The van der Waals surface area contributed by atoms with Gasteiger partial charge in [0.25, 0.3) is 0 Å². The minimum Gasteiger partial charge on any atom is -0.490 e. The quantitative estimate of drug-likeness (QED) is 0.0483. The number of carbonyl (C=O) groups excluding carboxylic acids is 3. The van der Waals surface area contributed by atoms with E-state index in [0.29, 0.717) is 80.2 Å². The molecule has 16 nitrogen and oxygen atoms in total. The molecule has 4 aromatic rings. The molecule has 0 bridgehead atoms. The van der Waals surface area contributed by atoms with E-state index in [9.17, 15) is 18.6 Å². The van der Waals surface area contributed by atoms with Gasteiger partial charge in [-0.15, -0.1) is 0 Å². The molecule has 0 spiro atoms. The summed E-state index contributed by atoms with van der Waals surface area (Å²) in [6.45, 7) is 24.5. The average molecular weight is 860 g/mol. The van der Waals surface area contributed by atoms with Crippen LogP contribution in [0.2, 0.25) is 0 Å². The van der Waals surface area contributed by atoms with Crippen molar-refractivity contribution in [3.8, 4) is 22.9 Å². The van der Waals surface area contributed by atoms with Gasteiger partial charge in [-0.25, -0.2) is 19.4 Å². The summed E-state index contributed by atoms with van der Waals surface area (Å²) in [7, 11) is 0. The van der Waals surface area contributed by atoms with E-state index in [4.69, 9.17) is 34.7 Å². The van der Waals surface area contributed by atoms with E-state index in [1.165, 1.54) is 6.20 Å². The van der Waals surface area contributed by atoms with E-state index in [0.717, 1.165) is 18.4 Å². The maximum Gasteiger partial charge on any atom is 0.409 e. The fourth-order valence-corrected chi connectivity index (χ4v) is 8.74. The van der Waals surface area contributed by atoms with Crippen LogP contribution in [0.4, 0.5) is 21.9 Å². The molecule has 1 saturated heterocycles. The molecule has 1 aliphatic carbocycles. The molecule has 2 N–H and O–H groups in total. The van der Waals surface area contributed by atoms with Crippen molar-refractivity contribution >= 4 is 52.0 Å². The third kappa shape index (κ3) is 11.1. The highest BCUT2D eigenvalue weighted by Crippen LogP contribution is 2.38. The number of aryl methyl sites for hydroxylation is 1. The molecule has 2 fully saturated rings. The van der Waals surface area contributed by atoms with Crippen LogP contribution in [0, 0.1) is 37.2 Å². The Kier molecular flexibility index (Phi) is 14.8. The zero-order valence-electron chi connectivity index (χ0n) is 36.0. The normalized spacial score (nSPS) is 19.6. The second-order valence-corrected chi connectivity index (χ2v) is 17.3. The predicted octanol–water partition coefficient (Wildman–Crippen LogP) is 8.12. The largest absolute Gasteiger partial charge is 0.490 e. The van der Waals surface area contributed by atoms with Crippen molar-refractivity contribution in [3.63, 3.8) is 0 Å². The van der Waals surface area contributed by atoms with E-state index in [1.807, 2.05) is 39.0 Å². The van der Waals surface area contributed by atoms with E-state index < -0.39 is 17.2 Å². The van der Waals surface area contributed by atoms with Crippen molar-refractivity contribution in [1.82, 2.24) is 19.5 Å². The first-order chi connectivity index (χ1) is 29.2. The molecule has 3 heterocycles. The molecule has 1 aliphatic heterocycles. The molecule has 1 saturated carbocycles. The van der Waals surface area contributed by atoms with Gasteiger partial charge in [-0.05, 0) is 92.7 Å². The standard InChI is InChI=1S/C44H57N7O9S/c1-9-56-38(52)11-10-20-57-36-15-12-28(4)23-37(36)60-61(55)48-33-24-32(13-14-35(33)49-16-18-50(19-17-49)44(54)58-26-27(2)3)41-46-42-39(34(45-8)25-51(42)47-41)43(53)59-40-30(6)21-29(5)22-31(40)7/h12-15,23-25,27,29-31,40,48H,9-11,16-22,26H2,1-7H3,(H,46,47). The van der Waals surface area contributed by atoms with Gasteiger partial charge in [-0.3, -0.25) is 19.1 Å². The van der Waals surface area contributed by atoms with Crippen molar-refractivity contribution in [1.29, 1.82) is 0 Å². The maximum atomic E-state index is 13.9. The highest BCUT2D eigenvalue weighted by Gasteiger charge is 2.36. The minimum atomic E-state index is -2.14. The lowest BCUT2D eigenvalue weighted by atomic mass is 9.75. The number of aromatic amines is 1. The lowest BCUT2D eigenvalue weighted by Gasteiger charge is -2.37. The number of nitrogens with one attached hydrogen (secondary N) is 2. The van der Waals surface area contributed by atoms with Gasteiger partial charge >= 0.3 is 29.3 Å². The summed E-state index contributed by atoms with van der Waals surface area (Å²) in [4.78, 5) is 50.5. The molecule has 6 rings (SSSR count). The van der Waals surface area contributed by atoms with Crippen LogP contribution in [0.25, 0.3) is 21.9 Å². The third-order valence-electron chi connectivity index (χ3n) is 10.9. The van der Waals surface area contributed by atoms with Crippen LogP contribution in [0.15, 0.2) is 42.6 Å². The summed E-state index contributed by atoms with van der Waals surface area (Å²) in [5, 5.41) is 3.20. The fraction of sp³-hybridized carbons (Fsp3) is 0.523. The highest BCUT2D eigenvalue weighted by molar-refractivity contribution is 7.82. The second-order valence-electron chi connectivity index (χ2n) is 16.5. The summed E-state index contributed by atoms with van der Waals surface area (Å²) in [6.07, 6.45) is 3.44. The number of rotatable bonds is 16. The van der Waals surface area contributed by atoms with Gasteiger partial charge < -0.3 is 32.9 Å². The Morgan fingerprint density at radius 2 is 1.75 bits per heavy atom. The molecule has 3 atom stereocenters. The number of hydrogen-bond donors (Lipinski definition) is 2. The van der Waals surface area contributed by atoms with Crippen molar-refractivity contribution in [3.05, 3.63) is 65.1 Å². The summed E-state index contributed by atoms with van der Waals surface area (Å²) in [5.41, 5.74) is 3.10. The summed E-state index contributed by atoms with van der Waals surface area (Å²) in [6, 6.07) is 10.8. The number of carbonyl (C=O) groups is 3. The maximum absolute atomic E-state index is 13.9. The number of aromatic nitrogens is 3. The number of nitrogens with zero attached hydrogens (tertiary/aromatic N) is 5. The Morgan fingerprint density at radius 3 is 2.44 bits per heavy atom. The van der Waals surface area contributed by atoms with Crippen LogP contribution in [-0.4, -0.2) is 93.8 Å². The smallest absolute Gasteiger partial charge is 0.409 e. The number of hydrogen-bond acceptors (Lipinski definition) is 11. The van der Waals surface area contributed by atoms with E-state index in [-0.39, 0.29) is 71.6 Å². The number of amides is 1. The predicted molar refractivity (Wildman–Crippen MR) is 232 cm³/mol. The van der Waals surface area contributed by atoms with Crippen LogP contribution in [0.1, 0.15) is 83.1 Å². The van der Waals surface area contributed by atoms with Crippen molar-refractivity contribution in [2.75, 3.05) is 55.6 Å². The van der Waals surface area contributed by atoms with Gasteiger partial charge in [-0.2, -0.15) is 4.21 Å². The molecule has 2 aliphatic rings. The van der Waals surface area contributed by atoms with Crippen LogP contribution >= 0.6 is 0 Å². The van der Waals surface area contributed by atoms with Gasteiger partial charge in [0, 0.05) is 44.4 Å². The Bertz CT molecular complexity index is 2250. The number of ether oxygens (including phenoxy) is 4. The molecule has 61 heavy (non-hydrogen) atoms. The molecule has 3 unspecified atom stereocenters. The number of piperazine rings is 1. The van der Waals surface area contributed by atoms with Gasteiger partial charge in [0.2, 0.25) is 5.69 Å². The number of H-pyrrole nitrogens is 1. The fourth-order valence-electron chi connectivity index (χ4n) is 8.07. The Labute approximate surface area is 359 Å². The summed E-state index contributed by atoms with van der Waals surface area (Å²) in [5.74, 6) is 1.23. The van der Waals surface area contributed by atoms with Crippen LogP contribution < -0.4 is 18.5 Å². The first kappa shape index (κ1) is 44.8. The molecule has 328 valence electrons. The molecule has 2 aromatic heterocycles. The third-order valence-corrected chi connectivity index (χ3v) is 11.6. The number of anilines is 2. The Hall–Kier alpha value is -5.76. The average Bonchev–Trinajstić information content (AvgIpc) is 3.79. The monoisotopic (exact) mass is 859 g/mol. The zero-order valence-corrected chi connectivity index (χ0v) is 36.8. The number of fused-ring (bicyclic) bond motifs is 1. The van der Waals surface area contributed by atoms with Gasteiger partial charge in [0.05, 0.1) is 37.8 Å². The van der Waals surface area contributed by atoms with Crippen LogP contribution in [0.3, 0.4) is 0 Å². The highest BCUT2D eigenvalue weighted by atomic mass is 32.2. The summed E-state index contributed by atoms with van der Waals surface area (Å²) >= 11 is -2.14. The molecular formula is C44H57N7O9S. The lowest BCUT2D eigenvalue weighted by molar-refractivity contribution is -0.143. The van der Waals surface area contributed by atoms with Crippen molar-refractivity contribution in [2.24, 2.45) is 23.7 Å². The first-order valence-electron chi connectivity index (χ1n) is 21.0. The van der Waals surface area contributed by atoms with Crippen molar-refractivity contribution in [2.45, 2.75) is 80.3 Å². The second kappa shape index (κ2) is 20.2. The Morgan fingerprint density at radius 1 is 1.02 bits per heavy atom.